The van der Waals surface area contributed by atoms with Crippen LogP contribution in [0.1, 0.15) is 12.7 Å². The highest BCUT2D eigenvalue weighted by Crippen LogP contribution is 2.20. The fourth-order valence-corrected chi connectivity index (χ4v) is 1.79. The quantitative estimate of drug-likeness (QED) is 0.812. The van der Waals surface area contributed by atoms with E-state index in [1.807, 2.05) is 0 Å². The van der Waals surface area contributed by atoms with Gasteiger partial charge in [0.25, 0.3) is 0 Å². The van der Waals surface area contributed by atoms with Crippen molar-refractivity contribution in [3.05, 3.63) is 53.2 Å². The number of aliphatic hydroxyl groups is 1. The lowest BCUT2D eigenvalue weighted by Crippen LogP contribution is -2.40. The maximum atomic E-state index is 13.2. The Kier molecular flexibility index (Phi) is 4.50. The molecule has 0 saturated carbocycles. The topological polar surface area (TPSA) is 74.5 Å². The van der Waals surface area contributed by atoms with E-state index in [9.17, 15) is 14.3 Å². The van der Waals surface area contributed by atoms with Gasteiger partial charge in [-0.2, -0.15) is 0 Å². The summed E-state index contributed by atoms with van der Waals surface area (Å²) in [5.74, 6) is -0.294. The van der Waals surface area contributed by atoms with E-state index >= 15 is 0 Å². The first-order valence-corrected chi connectivity index (χ1v) is 6.52. The molecular formula is C14H14ClFN2O3. The number of hydrogen-bond acceptors (Lipinski definition) is 3. The molecule has 1 heterocycles. The lowest BCUT2D eigenvalue weighted by atomic mass is 10.0. The molecule has 2 amide bonds. The van der Waals surface area contributed by atoms with Crippen molar-refractivity contribution in [3.8, 4) is 0 Å². The highest BCUT2D eigenvalue weighted by Gasteiger charge is 2.26. The molecule has 3 N–H and O–H groups in total. The molecule has 0 spiro atoms. The number of benzene rings is 1. The summed E-state index contributed by atoms with van der Waals surface area (Å²) >= 11 is 5.55. The third-order valence-corrected chi connectivity index (χ3v) is 3.13. The fourth-order valence-electron chi connectivity index (χ4n) is 1.67. The van der Waals surface area contributed by atoms with Gasteiger partial charge in [0.15, 0.2) is 0 Å². The summed E-state index contributed by atoms with van der Waals surface area (Å²) in [6.07, 6.45) is 1.43. The molecule has 1 aromatic heterocycles. The Morgan fingerprint density at radius 1 is 1.48 bits per heavy atom. The molecule has 0 aliphatic carbocycles. The molecule has 5 nitrogen and oxygen atoms in total. The standard InChI is InChI=1S/C14H14ClFN2O3/c1-14(20,12-3-2-6-21-12)8-17-13(19)18-9-4-5-10(15)11(16)7-9/h2-7,20H,8H2,1H3,(H2,17,18,19). The normalized spacial score (nSPS) is 13.5. The molecule has 7 heteroatoms. The number of nitrogens with one attached hydrogen (secondary N) is 2. The first kappa shape index (κ1) is 15.3. The van der Waals surface area contributed by atoms with Crippen LogP contribution in [0.25, 0.3) is 0 Å². The molecule has 0 aliphatic heterocycles. The van der Waals surface area contributed by atoms with Gasteiger partial charge in [-0.05, 0) is 37.3 Å². The van der Waals surface area contributed by atoms with E-state index in [1.54, 1.807) is 12.1 Å². The highest BCUT2D eigenvalue weighted by atomic mass is 35.5. The van der Waals surface area contributed by atoms with Gasteiger partial charge in [-0.1, -0.05) is 11.6 Å². The number of rotatable bonds is 4. The number of amides is 2. The lowest BCUT2D eigenvalue weighted by Gasteiger charge is -2.21. The van der Waals surface area contributed by atoms with Crippen LogP contribution in [0.3, 0.4) is 0 Å². The van der Waals surface area contributed by atoms with Crippen molar-refractivity contribution >= 4 is 23.3 Å². The van der Waals surface area contributed by atoms with E-state index in [1.165, 1.54) is 25.3 Å². The van der Waals surface area contributed by atoms with Gasteiger partial charge < -0.3 is 20.2 Å². The summed E-state index contributed by atoms with van der Waals surface area (Å²) < 4.78 is 18.3. The molecule has 2 aromatic rings. The van der Waals surface area contributed by atoms with Gasteiger partial charge in [0.2, 0.25) is 0 Å². The van der Waals surface area contributed by atoms with Crippen LogP contribution in [-0.4, -0.2) is 17.7 Å². The summed E-state index contributed by atoms with van der Waals surface area (Å²) in [6, 6.07) is 6.57. The second-order valence-corrected chi connectivity index (χ2v) is 5.09. The summed E-state index contributed by atoms with van der Waals surface area (Å²) in [7, 11) is 0. The zero-order valence-corrected chi connectivity index (χ0v) is 11.9. The molecule has 2 rings (SSSR count). The maximum Gasteiger partial charge on any atom is 0.319 e. The number of carbonyl (C=O) groups excluding carboxylic acids is 1. The zero-order chi connectivity index (χ0) is 15.5. The molecule has 0 saturated heterocycles. The van der Waals surface area contributed by atoms with Crippen LogP contribution in [0.15, 0.2) is 41.0 Å². The minimum Gasteiger partial charge on any atom is -0.466 e. The Labute approximate surface area is 125 Å². The Hall–Kier alpha value is -2.05. The molecule has 112 valence electrons. The molecule has 0 bridgehead atoms. The Morgan fingerprint density at radius 2 is 2.24 bits per heavy atom. The number of urea groups is 1. The Bertz CT molecular complexity index is 629. The van der Waals surface area contributed by atoms with Crippen molar-refractivity contribution in [2.24, 2.45) is 0 Å². The van der Waals surface area contributed by atoms with E-state index in [0.717, 1.165) is 6.07 Å². The van der Waals surface area contributed by atoms with Crippen LogP contribution in [-0.2, 0) is 5.60 Å². The number of halogens is 2. The monoisotopic (exact) mass is 312 g/mol. The summed E-state index contributed by atoms with van der Waals surface area (Å²) in [6.45, 7) is 1.44. The molecular weight excluding hydrogens is 299 g/mol. The fraction of sp³-hybridized carbons (Fsp3) is 0.214. The van der Waals surface area contributed by atoms with E-state index in [0.29, 0.717) is 5.76 Å². The van der Waals surface area contributed by atoms with Gasteiger partial charge >= 0.3 is 6.03 Å². The highest BCUT2D eigenvalue weighted by molar-refractivity contribution is 6.30. The van der Waals surface area contributed by atoms with Gasteiger partial charge in [0.1, 0.15) is 17.2 Å². The molecule has 21 heavy (non-hydrogen) atoms. The van der Waals surface area contributed by atoms with Crippen LogP contribution < -0.4 is 10.6 Å². The van der Waals surface area contributed by atoms with Gasteiger partial charge in [-0.3, -0.25) is 0 Å². The van der Waals surface area contributed by atoms with Crippen LogP contribution >= 0.6 is 11.6 Å². The number of anilines is 1. The molecule has 0 fully saturated rings. The maximum absolute atomic E-state index is 13.2. The summed E-state index contributed by atoms with van der Waals surface area (Å²) in [5, 5.41) is 15.0. The van der Waals surface area contributed by atoms with E-state index < -0.39 is 17.4 Å². The van der Waals surface area contributed by atoms with Gasteiger partial charge in [-0.15, -0.1) is 0 Å². The Balaban J connectivity index is 1.91. The van der Waals surface area contributed by atoms with Gasteiger partial charge in [0, 0.05) is 5.69 Å². The van der Waals surface area contributed by atoms with Crippen LogP contribution in [0.5, 0.6) is 0 Å². The van der Waals surface area contributed by atoms with Crippen LogP contribution in [0, 0.1) is 5.82 Å². The second kappa shape index (κ2) is 6.15. The SMILES string of the molecule is CC(O)(CNC(=O)Nc1ccc(Cl)c(F)c1)c1ccco1. The van der Waals surface area contributed by atoms with Crippen molar-refractivity contribution in [2.75, 3.05) is 11.9 Å². The first-order chi connectivity index (χ1) is 9.88. The largest absolute Gasteiger partial charge is 0.466 e. The lowest BCUT2D eigenvalue weighted by molar-refractivity contribution is 0.0372. The van der Waals surface area contributed by atoms with Crippen LogP contribution in [0.4, 0.5) is 14.9 Å². The average molecular weight is 313 g/mol. The smallest absolute Gasteiger partial charge is 0.319 e. The minimum absolute atomic E-state index is 0.0262. The number of carbonyl (C=O) groups is 1. The number of furan rings is 1. The number of hydrogen-bond donors (Lipinski definition) is 3. The van der Waals surface area contributed by atoms with Crippen molar-refractivity contribution in [1.29, 1.82) is 0 Å². The molecule has 1 atom stereocenters. The first-order valence-electron chi connectivity index (χ1n) is 6.15. The Morgan fingerprint density at radius 3 is 2.86 bits per heavy atom. The van der Waals surface area contributed by atoms with Crippen molar-refractivity contribution in [2.45, 2.75) is 12.5 Å². The van der Waals surface area contributed by atoms with Crippen molar-refractivity contribution < 1.29 is 18.7 Å². The summed E-state index contributed by atoms with van der Waals surface area (Å²) in [4.78, 5) is 11.7. The second-order valence-electron chi connectivity index (χ2n) is 4.69. The van der Waals surface area contributed by atoms with Crippen molar-refractivity contribution in [1.82, 2.24) is 5.32 Å². The predicted molar refractivity (Wildman–Crippen MR) is 76.7 cm³/mol. The van der Waals surface area contributed by atoms with E-state index in [-0.39, 0.29) is 17.3 Å². The van der Waals surface area contributed by atoms with Crippen LogP contribution in [0.2, 0.25) is 5.02 Å². The minimum atomic E-state index is -1.34. The third-order valence-electron chi connectivity index (χ3n) is 2.82. The third kappa shape index (κ3) is 3.96. The van der Waals surface area contributed by atoms with Gasteiger partial charge in [-0.25, -0.2) is 9.18 Å². The van der Waals surface area contributed by atoms with E-state index in [4.69, 9.17) is 16.0 Å². The molecule has 0 radical (unpaired) electrons. The average Bonchev–Trinajstić information content (AvgIpc) is 2.96. The van der Waals surface area contributed by atoms with Gasteiger partial charge in [0.05, 0.1) is 17.8 Å². The molecule has 1 unspecified atom stereocenters. The zero-order valence-electron chi connectivity index (χ0n) is 11.2. The van der Waals surface area contributed by atoms with Crippen molar-refractivity contribution in [3.63, 3.8) is 0 Å². The molecule has 0 aliphatic rings. The predicted octanol–water partition coefficient (Wildman–Crippen LogP) is 3.10. The summed E-state index contributed by atoms with van der Waals surface area (Å²) in [5.41, 5.74) is -1.08. The van der Waals surface area contributed by atoms with E-state index in [2.05, 4.69) is 10.6 Å². The molecule has 1 aromatic carbocycles.